The largest absolute Gasteiger partial charge is 0.337 e. The van der Waals surface area contributed by atoms with Crippen molar-refractivity contribution >= 4 is 0 Å². The highest BCUT2D eigenvalue weighted by Gasteiger charge is 1.82. The van der Waals surface area contributed by atoms with Gasteiger partial charge < -0.3 is 10.2 Å². The highest BCUT2D eigenvalue weighted by Crippen LogP contribution is 1.74. The van der Waals surface area contributed by atoms with Gasteiger partial charge in [0.1, 0.15) is 0 Å². The average Bonchev–Trinajstić information content (AvgIpc) is 1.83. The molecule has 3 N–H and O–H groups in total. The zero-order valence-electron chi connectivity index (χ0n) is 3.63. The first-order valence-electron chi connectivity index (χ1n) is 1.41. The molecule has 0 fully saturated rings. The van der Waals surface area contributed by atoms with Crippen molar-refractivity contribution in [3.63, 3.8) is 0 Å². The molecular formula is H3N5O3. The van der Waals surface area contributed by atoms with E-state index in [1.807, 2.05) is 0 Å². The minimum absolute atomic E-state index is 0.573. The summed E-state index contributed by atoms with van der Waals surface area (Å²) >= 11 is 0. The van der Waals surface area contributed by atoms with Gasteiger partial charge in [0.05, 0.1) is 10.2 Å². The van der Waals surface area contributed by atoms with Gasteiger partial charge in [0.25, 0.3) is 0 Å². The van der Waals surface area contributed by atoms with Gasteiger partial charge in [-0.2, -0.15) is 0 Å². The van der Waals surface area contributed by atoms with Gasteiger partial charge in [0.15, 0.2) is 0 Å². The maximum Gasteiger partial charge on any atom is 0.226 e. The van der Waals surface area contributed by atoms with Gasteiger partial charge in [0, 0.05) is 0 Å². The van der Waals surface area contributed by atoms with E-state index >= 15 is 0 Å². The summed E-state index contributed by atoms with van der Waals surface area (Å²) < 4.78 is 0. The third-order valence-corrected chi connectivity index (χ3v) is 0.235. The first-order valence-corrected chi connectivity index (χ1v) is 1.41. The minimum Gasteiger partial charge on any atom is -0.337 e. The molecule has 0 radical (unpaired) electrons. The summed E-state index contributed by atoms with van der Waals surface area (Å²) in [6, 6.07) is 0. The van der Waals surface area contributed by atoms with Crippen molar-refractivity contribution in [3.8, 4) is 0 Å². The molecule has 0 saturated carbocycles. The van der Waals surface area contributed by atoms with E-state index in [0.29, 0.717) is 0 Å². The van der Waals surface area contributed by atoms with Gasteiger partial charge in [-0.15, -0.1) is 0 Å². The molecule has 8 heteroatoms. The fourth-order valence-electron chi connectivity index (χ4n) is 0.0721. The predicted molar refractivity (Wildman–Crippen MR) is 18.8 cm³/mol. The Morgan fingerprint density at radius 2 is 2.38 bits per heavy atom. The molecule has 0 bridgehead atoms. The first kappa shape index (κ1) is 6.56. The van der Waals surface area contributed by atoms with E-state index in [1.54, 1.807) is 0 Å². The summed E-state index contributed by atoms with van der Waals surface area (Å²) in [5.41, 5.74) is 0. The monoisotopic (exact) mass is 121 g/mol. The molecule has 0 aromatic rings. The molecule has 0 spiro atoms. The third-order valence-electron chi connectivity index (χ3n) is 0.235. The second-order valence-corrected chi connectivity index (χ2v) is 0.614. The van der Waals surface area contributed by atoms with Crippen LogP contribution in [0.15, 0.2) is 15.7 Å². The maximum atomic E-state index is 9.64. The fraction of sp³-hybridized carbons (Fsp3) is 0. The van der Waals surface area contributed by atoms with Crippen LogP contribution in [0.25, 0.3) is 0 Å². The van der Waals surface area contributed by atoms with Crippen LogP contribution >= 0.6 is 0 Å². The number of hydrogen-bond acceptors (Lipinski definition) is 4. The molecule has 0 unspecified atom stereocenters. The smallest absolute Gasteiger partial charge is 0.226 e. The van der Waals surface area contributed by atoms with Crippen LogP contribution in [0.2, 0.25) is 0 Å². The Bertz CT molecular complexity index is 104. The summed E-state index contributed by atoms with van der Waals surface area (Å²) in [6.07, 6.45) is 0. The number of rotatable bonds is 2. The standard InChI is InChI=1S/H3N5O3/c1-2-3-4-5(6)8-7/h7H,(H2,1,3)/b5-4+. The lowest BCUT2D eigenvalue weighted by Gasteiger charge is -1.90. The molecule has 0 atom stereocenters. The quantitative estimate of drug-likeness (QED) is 0.223. The fourth-order valence-corrected chi connectivity index (χ4v) is 0.0721. The molecule has 0 aliphatic rings. The van der Waals surface area contributed by atoms with Crippen LogP contribution in [0.5, 0.6) is 0 Å². The summed E-state index contributed by atoms with van der Waals surface area (Å²) in [5, 5.41) is 24.2. The van der Waals surface area contributed by atoms with E-state index in [4.69, 9.17) is 5.26 Å². The normalized spacial score (nSPS) is 12.4. The molecule has 0 aliphatic carbocycles. The Morgan fingerprint density at radius 1 is 1.75 bits per heavy atom. The lowest BCUT2D eigenvalue weighted by Crippen LogP contribution is -1.95. The molecule has 0 aromatic carbocycles. The van der Waals surface area contributed by atoms with E-state index in [2.05, 4.69) is 26.5 Å². The van der Waals surface area contributed by atoms with Crippen molar-refractivity contribution in [1.29, 1.82) is 0 Å². The molecule has 8 heavy (non-hydrogen) atoms. The Kier molecular flexibility index (Phi) is 3.07. The Balaban J connectivity index is 3.57. The topological polar surface area (TPSA) is 119 Å². The number of nitrogens with zero attached hydrogens (tertiary/aromatic N) is 4. The van der Waals surface area contributed by atoms with Crippen LogP contribution in [0, 0.1) is 5.21 Å². The number of hydrogen-bond donors (Lipinski definition) is 2. The van der Waals surface area contributed by atoms with Crippen LogP contribution < -0.4 is 5.84 Å². The second-order valence-electron chi connectivity index (χ2n) is 0.614. The van der Waals surface area contributed by atoms with Crippen molar-refractivity contribution in [2.24, 2.45) is 21.5 Å². The SMILES string of the molecule is N/N=N/N=[N+](\[O-])OO. The van der Waals surface area contributed by atoms with Crippen molar-refractivity contribution in [3.05, 3.63) is 5.21 Å². The van der Waals surface area contributed by atoms with Crippen LogP contribution in [-0.4, -0.2) is 10.3 Å². The van der Waals surface area contributed by atoms with Crippen molar-refractivity contribution in [1.82, 2.24) is 0 Å². The highest BCUT2D eigenvalue weighted by molar-refractivity contribution is 3.91. The zero-order valence-corrected chi connectivity index (χ0v) is 3.63. The molecule has 0 aromatic heterocycles. The van der Waals surface area contributed by atoms with Gasteiger partial charge in [-0.1, -0.05) is 0 Å². The molecule has 0 amide bonds. The molecular weight excluding hydrogens is 118 g/mol. The van der Waals surface area contributed by atoms with E-state index in [0.717, 1.165) is 0 Å². The van der Waals surface area contributed by atoms with Gasteiger partial charge in [-0.25, -0.2) is 0 Å². The summed E-state index contributed by atoms with van der Waals surface area (Å²) in [4.78, 5) is 2.95. The van der Waals surface area contributed by atoms with E-state index in [1.165, 1.54) is 0 Å². The molecule has 0 rings (SSSR count). The van der Waals surface area contributed by atoms with Crippen LogP contribution in [0.1, 0.15) is 0 Å². The molecule has 8 nitrogen and oxygen atoms in total. The van der Waals surface area contributed by atoms with E-state index in [-0.39, 0.29) is 0 Å². The van der Waals surface area contributed by atoms with Gasteiger partial charge >= 0.3 is 0 Å². The van der Waals surface area contributed by atoms with Crippen molar-refractivity contribution in [2.45, 2.75) is 0 Å². The van der Waals surface area contributed by atoms with Crippen molar-refractivity contribution in [2.75, 3.05) is 0 Å². The number of nitrogens with two attached hydrogens (primary N) is 1. The summed E-state index contributed by atoms with van der Waals surface area (Å²) in [6.45, 7) is 0. The summed E-state index contributed by atoms with van der Waals surface area (Å²) in [7, 11) is 0. The van der Waals surface area contributed by atoms with Crippen LogP contribution in [-0.2, 0) is 4.99 Å². The third kappa shape index (κ3) is 2.78. The van der Waals surface area contributed by atoms with Gasteiger partial charge in [-0.05, 0) is 0 Å². The second kappa shape index (κ2) is 3.74. The lowest BCUT2D eigenvalue weighted by molar-refractivity contribution is -0.873. The van der Waals surface area contributed by atoms with Crippen LogP contribution in [0.4, 0.5) is 0 Å². The molecule has 0 aliphatic heterocycles. The maximum absolute atomic E-state index is 9.64. The lowest BCUT2D eigenvalue weighted by atomic mass is 12.5. The Hall–Kier alpha value is -1.44. The van der Waals surface area contributed by atoms with E-state index < -0.39 is 5.02 Å². The average molecular weight is 121 g/mol. The highest BCUT2D eigenvalue weighted by atomic mass is 17.2. The summed E-state index contributed by atoms with van der Waals surface area (Å²) in [5.74, 6) is 4.39. The first-order chi connectivity index (χ1) is 3.81. The minimum atomic E-state index is -0.573. The predicted octanol–water partition coefficient (Wildman–Crippen LogP) is -0.406. The van der Waals surface area contributed by atoms with Gasteiger partial charge in [-0.3, -0.25) is 11.1 Å². The van der Waals surface area contributed by atoms with E-state index in [9.17, 15) is 5.21 Å². The Morgan fingerprint density at radius 3 is 2.75 bits per heavy atom. The van der Waals surface area contributed by atoms with Crippen LogP contribution in [0.3, 0.4) is 0 Å². The Labute approximate surface area is 43.3 Å². The molecule has 46 valence electrons. The zero-order chi connectivity index (χ0) is 6.41. The molecule has 0 saturated heterocycles. The molecule has 0 heterocycles. The van der Waals surface area contributed by atoms with Crippen molar-refractivity contribution < 1.29 is 15.3 Å². The van der Waals surface area contributed by atoms with Gasteiger partial charge in [0.2, 0.25) is 10.4 Å².